The van der Waals surface area contributed by atoms with Crippen LogP contribution in [0.25, 0.3) is 0 Å². The molecule has 0 atom stereocenters. The first kappa shape index (κ1) is 23.3. The molecule has 2 N–H and O–H groups in total. The van der Waals surface area contributed by atoms with Gasteiger partial charge in [-0.2, -0.15) is 5.10 Å². The van der Waals surface area contributed by atoms with Crippen LogP contribution in [0.2, 0.25) is 0 Å². The van der Waals surface area contributed by atoms with Crippen molar-refractivity contribution in [2.45, 2.75) is 38.5 Å². The number of piperazine rings is 1. The van der Waals surface area contributed by atoms with Gasteiger partial charge >= 0.3 is 6.03 Å². The molecule has 0 radical (unpaired) electrons. The van der Waals surface area contributed by atoms with Crippen LogP contribution in [0.3, 0.4) is 0 Å². The maximum atomic E-state index is 14.7. The molecule has 0 saturated carbocycles. The fourth-order valence-corrected chi connectivity index (χ4v) is 5.18. The number of urea groups is 1. The first-order valence-electron chi connectivity index (χ1n) is 12.5. The van der Waals surface area contributed by atoms with Crippen LogP contribution < -0.4 is 10.9 Å². The summed E-state index contributed by atoms with van der Waals surface area (Å²) < 4.78 is 14.7. The highest BCUT2D eigenvalue weighted by atomic mass is 19.1. The molecule has 10 heteroatoms. The number of anilines is 1. The Balaban J connectivity index is 1.27. The van der Waals surface area contributed by atoms with Crippen LogP contribution in [0.4, 0.5) is 14.9 Å². The largest absolute Gasteiger partial charge is 0.383 e. The number of nitrogens with one attached hydrogen (secondary N) is 2. The molecular formula is C25H31FN6O3. The lowest BCUT2D eigenvalue weighted by Gasteiger charge is -2.38. The Kier molecular flexibility index (Phi) is 6.70. The summed E-state index contributed by atoms with van der Waals surface area (Å²) in [6.45, 7) is 3.99. The van der Waals surface area contributed by atoms with Crippen LogP contribution in [-0.2, 0) is 12.8 Å². The van der Waals surface area contributed by atoms with E-state index in [1.165, 1.54) is 6.07 Å². The maximum Gasteiger partial charge on any atom is 0.320 e. The minimum Gasteiger partial charge on any atom is -0.383 e. The molecule has 2 saturated heterocycles. The van der Waals surface area contributed by atoms with Gasteiger partial charge in [0.2, 0.25) is 0 Å². The zero-order valence-electron chi connectivity index (χ0n) is 19.8. The van der Waals surface area contributed by atoms with E-state index in [9.17, 15) is 18.8 Å². The number of piperidine rings is 1. The van der Waals surface area contributed by atoms with Crippen molar-refractivity contribution in [3.05, 3.63) is 56.8 Å². The number of fused-ring (bicyclic) bond motifs is 1. The van der Waals surface area contributed by atoms with Gasteiger partial charge in [-0.3, -0.25) is 9.59 Å². The van der Waals surface area contributed by atoms with Crippen LogP contribution in [0.15, 0.2) is 23.0 Å². The topological polar surface area (TPSA) is 102 Å². The number of carbonyl (C=O) groups is 2. The van der Waals surface area contributed by atoms with Crippen molar-refractivity contribution in [1.82, 2.24) is 24.9 Å². The average molecular weight is 483 g/mol. The Morgan fingerprint density at radius 3 is 2.43 bits per heavy atom. The molecule has 0 aliphatic carbocycles. The molecular weight excluding hydrogens is 451 g/mol. The molecule has 35 heavy (non-hydrogen) atoms. The van der Waals surface area contributed by atoms with E-state index in [1.54, 1.807) is 21.9 Å². The zero-order valence-corrected chi connectivity index (χ0v) is 19.8. The van der Waals surface area contributed by atoms with Crippen molar-refractivity contribution < 1.29 is 14.0 Å². The molecule has 3 amide bonds. The molecule has 0 unspecified atom stereocenters. The van der Waals surface area contributed by atoms with Gasteiger partial charge < -0.3 is 20.0 Å². The lowest BCUT2D eigenvalue weighted by Crippen LogP contribution is -2.54. The van der Waals surface area contributed by atoms with E-state index in [0.29, 0.717) is 50.3 Å². The van der Waals surface area contributed by atoms with Crippen LogP contribution in [0, 0.1) is 5.82 Å². The summed E-state index contributed by atoms with van der Waals surface area (Å²) in [5, 5.41) is 10.0. The molecule has 0 spiro atoms. The number of hydrogen-bond acceptors (Lipinski definition) is 5. The summed E-state index contributed by atoms with van der Waals surface area (Å²) in [4.78, 5) is 43.3. The van der Waals surface area contributed by atoms with Gasteiger partial charge in [0, 0.05) is 57.8 Å². The molecule has 0 bridgehead atoms. The van der Waals surface area contributed by atoms with Gasteiger partial charge in [0.25, 0.3) is 11.5 Å². The second-order valence-corrected chi connectivity index (χ2v) is 9.48. The Morgan fingerprint density at radius 1 is 0.943 bits per heavy atom. The fourth-order valence-electron chi connectivity index (χ4n) is 5.18. The van der Waals surface area contributed by atoms with Gasteiger partial charge in [0.15, 0.2) is 0 Å². The highest BCUT2D eigenvalue weighted by Gasteiger charge is 2.29. The highest BCUT2D eigenvalue weighted by molar-refractivity contribution is 5.95. The van der Waals surface area contributed by atoms with Gasteiger partial charge in [-0.05, 0) is 49.8 Å². The van der Waals surface area contributed by atoms with Gasteiger partial charge in [0.05, 0.1) is 16.9 Å². The number of benzene rings is 1. The number of amides is 3. The molecule has 2 fully saturated rings. The molecule has 9 nitrogen and oxygen atoms in total. The van der Waals surface area contributed by atoms with Crippen molar-refractivity contribution in [1.29, 1.82) is 0 Å². The Hall–Kier alpha value is -3.43. The normalized spacial score (nSPS) is 18.1. The number of aromatic nitrogens is 2. The van der Waals surface area contributed by atoms with E-state index in [1.807, 2.05) is 4.90 Å². The third-order valence-corrected chi connectivity index (χ3v) is 7.16. The van der Waals surface area contributed by atoms with E-state index >= 15 is 0 Å². The summed E-state index contributed by atoms with van der Waals surface area (Å²) in [5.74, 6) is -0.941. The zero-order chi connectivity index (χ0) is 24.4. The van der Waals surface area contributed by atoms with Crippen molar-refractivity contribution in [3.63, 3.8) is 0 Å². The third-order valence-electron chi connectivity index (χ3n) is 7.16. The number of hydrogen-bond donors (Lipinski definition) is 2. The highest BCUT2D eigenvalue weighted by Crippen LogP contribution is 2.24. The molecule has 1 aromatic carbocycles. The van der Waals surface area contributed by atoms with Crippen LogP contribution in [-0.4, -0.2) is 82.6 Å². The third kappa shape index (κ3) is 4.87. The predicted molar refractivity (Wildman–Crippen MR) is 129 cm³/mol. The van der Waals surface area contributed by atoms with Gasteiger partial charge in [-0.15, -0.1) is 0 Å². The molecule has 1 aromatic heterocycles. The van der Waals surface area contributed by atoms with Crippen molar-refractivity contribution in [2.75, 3.05) is 51.1 Å². The van der Waals surface area contributed by atoms with E-state index < -0.39 is 5.82 Å². The SMILES string of the molecule is O=C(c1cc(Cc2n[nH]c(=O)c3c2NCCC3)ccc1F)N1CCN(C(=O)N2CCCCC2)CC1. The smallest absolute Gasteiger partial charge is 0.320 e. The second kappa shape index (κ2) is 10.1. The molecule has 3 aliphatic heterocycles. The summed E-state index contributed by atoms with van der Waals surface area (Å²) in [6, 6.07) is 4.56. The lowest BCUT2D eigenvalue weighted by atomic mass is 9.99. The lowest BCUT2D eigenvalue weighted by molar-refractivity contribution is 0.0628. The number of likely N-dealkylation sites (tertiary alicyclic amines) is 1. The first-order chi connectivity index (χ1) is 17.0. The fraction of sp³-hybridized carbons (Fsp3) is 0.520. The van der Waals surface area contributed by atoms with Gasteiger partial charge in [-0.25, -0.2) is 14.3 Å². The van der Waals surface area contributed by atoms with Gasteiger partial charge in [-0.1, -0.05) is 6.07 Å². The number of nitrogens with zero attached hydrogens (tertiary/aromatic N) is 4. The van der Waals surface area contributed by atoms with E-state index in [0.717, 1.165) is 56.6 Å². The average Bonchev–Trinajstić information content (AvgIpc) is 2.91. The Morgan fingerprint density at radius 2 is 1.66 bits per heavy atom. The van der Waals surface area contributed by atoms with E-state index in [4.69, 9.17) is 0 Å². The van der Waals surface area contributed by atoms with Crippen molar-refractivity contribution >= 4 is 17.6 Å². The predicted octanol–water partition coefficient (Wildman–Crippen LogP) is 2.22. The quantitative estimate of drug-likeness (QED) is 0.699. The molecule has 3 aliphatic rings. The molecule has 2 aromatic rings. The van der Waals surface area contributed by atoms with Crippen LogP contribution in [0.5, 0.6) is 0 Å². The maximum absolute atomic E-state index is 14.7. The number of aromatic amines is 1. The van der Waals surface area contributed by atoms with Crippen LogP contribution in [0.1, 0.15) is 52.9 Å². The monoisotopic (exact) mass is 482 g/mol. The number of H-pyrrole nitrogens is 1. The minimum atomic E-state index is -0.569. The standard InChI is InChI=1S/C25H31FN6O3/c26-20-7-6-17(16-21-22-18(5-4-8-27-22)23(33)29-28-21)15-19(20)24(34)30-11-13-32(14-12-30)25(35)31-9-2-1-3-10-31/h6-7,15,27H,1-5,8-14,16H2,(H,29,33). The Labute approximate surface area is 203 Å². The molecule has 5 rings (SSSR count). The number of halogens is 1. The molecule has 4 heterocycles. The van der Waals surface area contributed by atoms with E-state index in [-0.39, 0.29) is 23.1 Å². The van der Waals surface area contributed by atoms with Crippen molar-refractivity contribution in [3.8, 4) is 0 Å². The minimum absolute atomic E-state index is 0.0181. The summed E-state index contributed by atoms with van der Waals surface area (Å²) in [6.07, 6.45) is 5.16. The number of carbonyl (C=O) groups excluding carboxylic acids is 2. The van der Waals surface area contributed by atoms with Crippen molar-refractivity contribution in [2.24, 2.45) is 0 Å². The summed E-state index contributed by atoms with van der Waals surface area (Å²) >= 11 is 0. The summed E-state index contributed by atoms with van der Waals surface area (Å²) in [7, 11) is 0. The molecule has 186 valence electrons. The van der Waals surface area contributed by atoms with Crippen LogP contribution >= 0.6 is 0 Å². The Bertz CT molecular complexity index is 1170. The second-order valence-electron chi connectivity index (χ2n) is 9.48. The van der Waals surface area contributed by atoms with Gasteiger partial charge in [0.1, 0.15) is 5.82 Å². The van der Waals surface area contributed by atoms with E-state index in [2.05, 4.69) is 15.5 Å². The first-order valence-corrected chi connectivity index (χ1v) is 12.5. The summed E-state index contributed by atoms with van der Waals surface area (Å²) in [5.41, 5.74) is 2.67. The number of rotatable bonds is 3.